The van der Waals surface area contributed by atoms with Crippen LogP contribution in [0.25, 0.3) is 0 Å². The Morgan fingerprint density at radius 1 is 1.42 bits per heavy atom. The molecule has 0 aromatic carbocycles. The van der Waals surface area contributed by atoms with E-state index in [4.69, 9.17) is 0 Å². The normalized spacial score (nSPS) is 19.2. The van der Waals surface area contributed by atoms with E-state index in [1.807, 2.05) is 11.9 Å². The van der Waals surface area contributed by atoms with Crippen LogP contribution in [0.4, 0.5) is 4.79 Å². The standard InChI is InChI=1S/C9H18N2O/c1-8(2)7-11-6-4-5-10(3)9(11)12/h8H,4-7H2,1-3H3. The van der Waals surface area contributed by atoms with E-state index in [0.717, 1.165) is 26.1 Å². The van der Waals surface area contributed by atoms with Crippen molar-refractivity contribution in [2.24, 2.45) is 5.92 Å². The third kappa shape index (κ3) is 2.13. The molecule has 1 fully saturated rings. The minimum Gasteiger partial charge on any atom is -0.328 e. The molecule has 0 unspecified atom stereocenters. The Hall–Kier alpha value is -0.730. The lowest BCUT2D eigenvalue weighted by Crippen LogP contribution is -2.48. The summed E-state index contributed by atoms with van der Waals surface area (Å²) in [5.74, 6) is 0.570. The average molecular weight is 170 g/mol. The van der Waals surface area contributed by atoms with E-state index in [2.05, 4.69) is 13.8 Å². The quantitative estimate of drug-likeness (QED) is 0.614. The van der Waals surface area contributed by atoms with Crippen LogP contribution in [0.3, 0.4) is 0 Å². The van der Waals surface area contributed by atoms with Crippen LogP contribution < -0.4 is 0 Å². The second kappa shape index (κ2) is 3.78. The summed E-state index contributed by atoms with van der Waals surface area (Å²) in [5.41, 5.74) is 0. The summed E-state index contributed by atoms with van der Waals surface area (Å²) >= 11 is 0. The first kappa shape index (κ1) is 9.36. The number of hydrogen-bond donors (Lipinski definition) is 0. The minimum absolute atomic E-state index is 0.190. The average Bonchev–Trinajstić information content (AvgIpc) is 1.98. The van der Waals surface area contributed by atoms with Crippen molar-refractivity contribution < 1.29 is 4.79 Å². The van der Waals surface area contributed by atoms with Gasteiger partial charge in [-0.1, -0.05) is 13.8 Å². The number of carbonyl (C=O) groups is 1. The fourth-order valence-corrected chi connectivity index (χ4v) is 1.54. The smallest absolute Gasteiger partial charge is 0.319 e. The van der Waals surface area contributed by atoms with Gasteiger partial charge in [0.1, 0.15) is 0 Å². The van der Waals surface area contributed by atoms with E-state index in [1.165, 1.54) is 0 Å². The fourth-order valence-electron chi connectivity index (χ4n) is 1.54. The molecular weight excluding hydrogens is 152 g/mol. The second-order valence-corrected chi connectivity index (χ2v) is 3.90. The molecule has 0 atom stereocenters. The molecule has 1 heterocycles. The lowest BCUT2D eigenvalue weighted by molar-refractivity contribution is 0.135. The van der Waals surface area contributed by atoms with Gasteiger partial charge in [0, 0.05) is 26.7 Å². The molecule has 3 nitrogen and oxygen atoms in total. The summed E-state index contributed by atoms with van der Waals surface area (Å²) in [6, 6.07) is 0.190. The van der Waals surface area contributed by atoms with Crippen LogP contribution in [-0.2, 0) is 0 Å². The van der Waals surface area contributed by atoms with Gasteiger partial charge in [0.2, 0.25) is 0 Å². The first-order valence-corrected chi connectivity index (χ1v) is 4.61. The van der Waals surface area contributed by atoms with Crippen molar-refractivity contribution in [1.82, 2.24) is 9.80 Å². The van der Waals surface area contributed by atoms with Gasteiger partial charge in [0.05, 0.1) is 0 Å². The maximum atomic E-state index is 11.5. The molecule has 0 aromatic rings. The van der Waals surface area contributed by atoms with Crippen LogP contribution in [0, 0.1) is 5.92 Å². The van der Waals surface area contributed by atoms with Gasteiger partial charge in [-0.25, -0.2) is 4.79 Å². The van der Waals surface area contributed by atoms with E-state index < -0.39 is 0 Å². The molecule has 0 N–H and O–H groups in total. The molecule has 1 saturated heterocycles. The number of nitrogens with zero attached hydrogens (tertiary/aromatic N) is 2. The number of urea groups is 1. The molecule has 0 radical (unpaired) electrons. The third-order valence-corrected chi connectivity index (χ3v) is 2.10. The number of rotatable bonds is 2. The van der Waals surface area contributed by atoms with Gasteiger partial charge in [-0.15, -0.1) is 0 Å². The zero-order chi connectivity index (χ0) is 9.14. The van der Waals surface area contributed by atoms with Crippen molar-refractivity contribution in [2.75, 3.05) is 26.7 Å². The van der Waals surface area contributed by atoms with Crippen molar-refractivity contribution in [3.8, 4) is 0 Å². The highest BCUT2D eigenvalue weighted by molar-refractivity contribution is 5.74. The van der Waals surface area contributed by atoms with Gasteiger partial charge in [0.15, 0.2) is 0 Å². The molecule has 3 heteroatoms. The van der Waals surface area contributed by atoms with Crippen LogP contribution in [0.5, 0.6) is 0 Å². The molecular formula is C9H18N2O. The number of hydrogen-bond acceptors (Lipinski definition) is 1. The largest absolute Gasteiger partial charge is 0.328 e. The summed E-state index contributed by atoms with van der Waals surface area (Å²) in [5, 5.41) is 0. The number of carbonyl (C=O) groups excluding carboxylic acids is 1. The van der Waals surface area contributed by atoms with Crippen molar-refractivity contribution in [2.45, 2.75) is 20.3 Å². The Labute approximate surface area is 74.3 Å². The Bertz CT molecular complexity index is 168. The molecule has 1 rings (SSSR count). The zero-order valence-corrected chi connectivity index (χ0v) is 8.21. The van der Waals surface area contributed by atoms with Crippen molar-refractivity contribution >= 4 is 6.03 Å². The van der Waals surface area contributed by atoms with E-state index in [0.29, 0.717) is 5.92 Å². The van der Waals surface area contributed by atoms with Gasteiger partial charge >= 0.3 is 6.03 Å². The van der Waals surface area contributed by atoms with E-state index >= 15 is 0 Å². The summed E-state index contributed by atoms with van der Waals surface area (Å²) in [7, 11) is 1.87. The first-order chi connectivity index (χ1) is 5.61. The van der Waals surface area contributed by atoms with Crippen molar-refractivity contribution in [3.05, 3.63) is 0 Å². The lowest BCUT2D eigenvalue weighted by atomic mass is 10.2. The second-order valence-electron chi connectivity index (χ2n) is 3.90. The topological polar surface area (TPSA) is 23.6 Å². The zero-order valence-electron chi connectivity index (χ0n) is 8.21. The van der Waals surface area contributed by atoms with Crippen LogP contribution in [0.2, 0.25) is 0 Å². The minimum atomic E-state index is 0.190. The van der Waals surface area contributed by atoms with Crippen LogP contribution in [0.15, 0.2) is 0 Å². The van der Waals surface area contributed by atoms with E-state index in [1.54, 1.807) is 4.90 Å². The summed E-state index contributed by atoms with van der Waals surface area (Å²) < 4.78 is 0. The van der Waals surface area contributed by atoms with Crippen molar-refractivity contribution in [3.63, 3.8) is 0 Å². The predicted octanol–water partition coefficient (Wildman–Crippen LogP) is 1.40. The highest BCUT2D eigenvalue weighted by Gasteiger charge is 2.22. The number of amides is 2. The Morgan fingerprint density at radius 2 is 2.08 bits per heavy atom. The summed E-state index contributed by atoms with van der Waals surface area (Å²) in [4.78, 5) is 15.2. The first-order valence-electron chi connectivity index (χ1n) is 4.61. The maximum absolute atomic E-state index is 11.5. The Balaban J connectivity index is 2.46. The highest BCUT2D eigenvalue weighted by atomic mass is 16.2. The monoisotopic (exact) mass is 170 g/mol. The fraction of sp³-hybridized carbons (Fsp3) is 0.889. The van der Waals surface area contributed by atoms with Crippen LogP contribution in [0.1, 0.15) is 20.3 Å². The molecule has 0 aromatic heterocycles. The summed E-state index contributed by atoms with van der Waals surface area (Å²) in [6.45, 7) is 7.02. The van der Waals surface area contributed by atoms with Crippen LogP contribution in [-0.4, -0.2) is 42.5 Å². The predicted molar refractivity (Wildman–Crippen MR) is 49.1 cm³/mol. The molecule has 1 aliphatic rings. The molecule has 0 saturated carbocycles. The van der Waals surface area contributed by atoms with E-state index in [9.17, 15) is 4.79 Å². The highest BCUT2D eigenvalue weighted by Crippen LogP contribution is 2.09. The van der Waals surface area contributed by atoms with Gasteiger partial charge in [-0.3, -0.25) is 0 Å². The van der Waals surface area contributed by atoms with Crippen molar-refractivity contribution in [1.29, 1.82) is 0 Å². The molecule has 12 heavy (non-hydrogen) atoms. The Morgan fingerprint density at radius 3 is 2.67 bits per heavy atom. The molecule has 0 spiro atoms. The summed E-state index contributed by atoms with van der Waals surface area (Å²) in [6.07, 6.45) is 1.11. The lowest BCUT2D eigenvalue weighted by Gasteiger charge is -2.34. The Kier molecular flexibility index (Phi) is 2.95. The van der Waals surface area contributed by atoms with Gasteiger partial charge in [0.25, 0.3) is 0 Å². The molecule has 0 aliphatic carbocycles. The van der Waals surface area contributed by atoms with Gasteiger partial charge in [-0.2, -0.15) is 0 Å². The molecule has 2 amide bonds. The van der Waals surface area contributed by atoms with Gasteiger partial charge in [-0.05, 0) is 12.3 Å². The SMILES string of the molecule is CC(C)CN1CCCN(C)C1=O. The molecule has 0 bridgehead atoms. The van der Waals surface area contributed by atoms with Gasteiger partial charge < -0.3 is 9.80 Å². The molecule has 70 valence electrons. The van der Waals surface area contributed by atoms with Crippen LogP contribution >= 0.6 is 0 Å². The maximum Gasteiger partial charge on any atom is 0.319 e. The third-order valence-electron chi connectivity index (χ3n) is 2.10. The van der Waals surface area contributed by atoms with E-state index in [-0.39, 0.29) is 6.03 Å². The molecule has 1 aliphatic heterocycles.